The van der Waals surface area contributed by atoms with Crippen molar-refractivity contribution in [2.75, 3.05) is 34.4 Å². The fraction of sp³-hybridized carbons (Fsp3) is 0.579. The van der Waals surface area contributed by atoms with Crippen LogP contribution in [0.1, 0.15) is 42.7 Å². The Labute approximate surface area is 148 Å². The number of methoxy groups -OCH3 is 1. The second-order valence-electron chi connectivity index (χ2n) is 7.28. The van der Waals surface area contributed by atoms with Crippen molar-refractivity contribution < 1.29 is 9.47 Å². The standard InChI is InChI=1S/C19H26N4O2/c1-22(2)16-10-14(11-16)19-20-18(13-8-9-25-12-13)21-23(19)15-4-6-17(24-3)7-5-15/h4-7,13-14,16H,8-12H2,1-3H3. The Bertz CT molecular complexity index is 714. The van der Waals surface area contributed by atoms with Gasteiger partial charge in [-0.25, -0.2) is 9.67 Å². The normalized spacial score (nSPS) is 26.0. The Balaban J connectivity index is 1.65. The number of benzene rings is 1. The molecule has 1 saturated carbocycles. The van der Waals surface area contributed by atoms with Crippen LogP contribution < -0.4 is 4.74 Å². The molecule has 1 aromatic heterocycles. The highest BCUT2D eigenvalue weighted by Crippen LogP contribution is 2.39. The lowest BCUT2D eigenvalue weighted by Gasteiger charge is -2.39. The first-order valence-electron chi connectivity index (χ1n) is 9.01. The van der Waals surface area contributed by atoms with E-state index in [1.54, 1.807) is 7.11 Å². The van der Waals surface area contributed by atoms with E-state index < -0.39 is 0 Å². The highest BCUT2D eigenvalue weighted by Gasteiger charge is 2.36. The Kier molecular flexibility index (Phi) is 4.48. The molecule has 2 fully saturated rings. The topological polar surface area (TPSA) is 52.4 Å². The van der Waals surface area contributed by atoms with E-state index in [-0.39, 0.29) is 0 Å². The summed E-state index contributed by atoms with van der Waals surface area (Å²) < 4.78 is 12.8. The average molecular weight is 342 g/mol. The molecule has 2 aliphatic rings. The smallest absolute Gasteiger partial charge is 0.156 e. The number of hydrogen-bond donors (Lipinski definition) is 0. The van der Waals surface area contributed by atoms with Crippen molar-refractivity contribution in [1.29, 1.82) is 0 Å². The number of hydrogen-bond acceptors (Lipinski definition) is 5. The third-order valence-electron chi connectivity index (χ3n) is 5.47. The van der Waals surface area contributed by atoms with Gasteiger partial charge in [-0.05, 0) is 57.6 Å². The summed E-state index contributed by atoms with van der Waals surface area (Å²) in [5, 5.41) is 4.86. The van der Waals surface area contributed by atoms with Crippen LogP contribution in [0.5, 0.6) is 5.75 Å². The van der Waals surface area contributed by atoms with E-state index in [0.29, 0.717) is 17.9 Å². The van der Waals surface area contributed by atoms with E-state index in [2.05, 4.69) is 19.0 Å². The predicted molar refractivity (Wildman–Crippen MR) is 95.5 cm³/mol. The van der Waals surface area contributed by atoms with Crippen molar-refractivity contribution >= 4 is 0 Å². The molecule has 0 spiro atoms. The largest absolute Gasteiger partial charge is 0.497 e. The van der Waals surface area contributed by atoms with Gasteiger partial charge in [0.2, 0.25) is 0 Å². The summed E-state index contributed by atoms with van der Waals surface area (Å²) in [7, 11) is 5.98. The van der Waals surface area contributed by atoms with Gasteiger partial charge >= 0.3 is 0 Å². The molecule has 0 amide bonds. The highest BCUT2D eigenvalue weighted by atomic mass is 16.5. The summed E-state index contributed by atoms with van der Waals surface area (Å²) in [6.07, 6.45) is 3.29. The van der Waals surface area contributed by atoms with Crippen molar-refractivity contribution in [3.8, 4) is 11.4 Å². The average Bonchev–Trinajstić information content (AvgIpc) is 3.23. The van der Waals surface area contributed by atoms with Crippen molar-refractivity contribution in [2.45, 2.75) is 37.1 Å². The Morgan fingerprint density at radius 3 is 2.52 bits per heavy atom. The molecule has 1 aromatic carbocycles. The maximum atomic E-state index is 5.53. The zero-order chi connectivity index (χ0) is 17.4. The summed E-state index contributed by atoms with van der Waals surface area (Å²) in [6, 6.07) is 8.69. The molecule has 6 heteroatoms. The molecular formula is C19H26N4O2. The van der Waals surface area contributed by atoms with Gasteiger partial charge in [-0.3, -0.25) is 0 Å². The summed E-state index contributed by atoms with van der Waals surface area (Å²) in [4.78, 5) is 7.25. The second kappa shape index (κ2) is 6.77. The van der Waals surface area contributed by atoms with Gasteiger partial charge in [0, 0.05) is 24.5 Å². The van der Waals surface area contributed by atoms with Gasteiger partial charge in [-0.2, -0.15) is 5.10 Å². The molecular weight excluding hydrogens is 316 g/mol. The molecule has 0 bridgehead atoms. The molecule has 4 rings (SSSR count). The van der Waals surface area contributed by atoms with E-state index >= 15 is 0 Å². The summed E-state index contributed by atoms with van der Waals surface area (Å²) in [6.45, 7) is 1.54. The molecule has 134 valence electrons. The van der Waals surface area contributed by atoms with Gasteiger partial charge in [0.25, 0.3) is 0 Å². The predicted octanol–water partition coefficient (Wildman–Crippen LogP) is 2.59. The minimum Gasteiger partial charge on any atom is -0.497 e. The van der Waals surface area contributed by atoms with Gasteiger partial charge in [-0.1, -0.05) is 0 Å². The molecule has 0 N–H and O–H groups in total. The first-order valence-corrected chi connectivity index (χ1v) is 9.01. The van der Waals surface area contributed by atoms with Crippen LogP contribution in [0.4, 0.5) is 0 Å². The van der Waals surface area contributed by atoms with Gasteiger partial charge in [0.1, 0.15) is 11.6 Å². The molecule has 1 atom stereocenters. The van der Waals surface area contributed by atoms with Gasteiger partial charge in [-0.15, -0.1) is 0 Å². The number of rotatable bonds is 5. The van der Waals surface area contributed by atoms with E-state index in [4.69, 9.17) is 19.6 Å². The van der Waals surface area contributed by atoms with Crippen LogP contribution >= 0.6 is 0 Å². The van der Waals surface area contributed by atoms with Crippen molar-refractivity contribution in [3.05, 3.63) is 35.9 Å². The Morgan fingerprint density at radius 2 is 1.92 bits per heavy atom. The summed E-state index contributed by atoms with van der Waals surface area (Å²) in [5.41, 5.74) is 1.04. The minimum absolute atomic E-state index is 0.322. The molecule has 2 aromatic rings. The lowest BCUT2D eigenvalue weighted by atomic mass is 9.79. The molecule has 25 heavy (non-hydrogen) atoms. The molecule has 1 aliphatic heterocycles. The van der Waals surface area contributed by atoms with Crippen molar-refractivity contribution in [1.82, 2.24) is 19.7 Å². The van der Waals surface area contributed by atoms with Crippen LogP contribution in [0.2, 0.25) is 0 Å². The summed E-state index contributed by atoms with van der Waals surface area (Å²) >= 11 is 0. The zero-order valence-electron chi connectivity index (χ0n) is 15.2. The molecule has 1 aliphatic carbocycles. The van der Waals surface area contributed by atoms with Crippen molar-refractivity contribution in [3.63, 3.8) is 0 Å². The van der Waals surface area contributed by atoms with Crippen molar-refractivity contribution in [2.24, 2.45) is 0 Å². The van der Waals surface area contributed by atoms with E-state index in [9.17, 15) is 0 Å². The lowest BCUT2D eigenvalue weighted by Crippen LogP contribution is -2.40. The number of ether oxygens (including phenoxy) is 2. The maximum absolute atomic E-state index is 5.53. The van der Waals surface area contributed by atoms with Crippen LogP contribution in [0.25, 0.3) is 5.69 Å². The monoisotopic (exact) mass is 342 g/mol. The van der Waals surface area contributed by atoms with Gasteiger partial charge in [0.15, 0.2) is 5.82 Å². The number of aromatic nitrogens is 3. The molecule has 2 heterocycles. The fourth-order valence-corrected chi connectivity index (χ4v) is 3.65. The first-order chi connectivity index (χ1) is 12.2. The zero-order valence-corrected chi connectivity index (χ0v) is 15.2. The Hall–Kier alpha value is -1.92. The minimum atomic E-state index is 0.322. The van der Waals surface area contributed by atoms with Crippen LogP contribution in [0.3, 0.4) is 0 Å². The third kappa shape index (κ3) is 3.16. The molecule has 6 nitrogen and oxygen atoms in total. The van der Waals surface area contributed by atoms with Crippen LogP contribution in [-0.2, 0) is 4.74 Å². The Morgan fingerprint density at radius 1 is 1.16 bits per heavy atom. The van der Waals surface area contributed by atoms with E-state index in [0.717, 1.165) is 55.6 Å². The SMILES string of the molecule is COc1ccc(-n2nc(C3CCOC3)nc2C2CC(N(C)C)C2)cc1. The second-order valence-corrected chi connectivity index (χ2v) is 7.28. The van der Waals surface area contributed by atoms with Crippen LogP contribution in [0.15, 0.2) is 24.3 Å². The summed E-state index contributed by atoms with van der Waals surface area (Å²) in [5.74, 6) is 3.66. The molecule has 1 saturated heterocycles. The van der Waals surface area contributed by atoms with Gasteiger partial charge < -0.3 is 14.4 Å². The quantitative estimate of drug-likeness (QED) is 0.836. The highest BCUT2D eigenvalue weighted by molar-refractivity contribution is 5.38. The molecule has 1 unspecified atom stereocenters. The van der Waals surface area contributed by atoms with E-state index in [1.165, 1.54) is 0 Å². The number of nitrogens with zero attached hydrogens (tertiary/aromatic N) is 4. The van der Waals surface area contributed by atoms with E-state index in [1.807, 2.05) is 28.9 Å². The first kappa shape index (κ1) is 16.5. The third-order valence-corrected chi connectivity index (χ3v) is 5.47. The lowest BCUT2D eigenvalue weighted by molar-refractivity contribution is 0.160. The van der Waals surface area contributed by atoms with Crippen LogP contribution in [0, 0.1) is 0 Å². The molecule has 0 radical (unpaired) electrons. The van der Waals surface area contributed by atoms with Gasteiger partial charge in [0.05, 0.1) is 19.4 Å². The maximum Gasteiger partial charge on any atom is 0.156 e. The van der Waals surface area contributed by atoms with Crippen LogP contribution in [-0.4, -0.2) is 60.1 Å². The fourth-order valence-electron chi connectivity index (χ4n) is 3.65.